The fourth-order valence-corrected chi connectivity index (χ4v) is 2.82. The first kappa shape index (κ1) is 27.9. The minimum atomic E-state index is -0.565. The van der Waals surface area contributed by atoms with E-state index in [1.807, 2.05) is 20.8 Å². The van der Waals surface area contributed by atoms with E-state index in [9.17, 15) is 14.7 Å². The highest BCUT2D eigenvalue weighted by Crippen LogP contribution is 2.17. The summed E-state index contributed by atoms with van der Waals surface area (Å²) >= 11 is 0. The summed E-state index contributed by atoms with van der Waals surface area (Å²) in [5, 5.41) is 9.38. The summed E-state index contributed by atoms with van der Waals surface area (Å²) in [6, 6.07) is -0.00110. The summed E-state index contributed by atoms with van der Waals surface area (Å²) in [5.41, 5.74) is -0.565. The number of allylic oxidation sites excluding steroid dienone is 3. The number of hydrogen-bond donors (Lipinski definition) is 1. The maximum atomic E-state index is 12.5. The number of esters is 1. The van der Waals surface area contributed by atoms with E-state index in [0.717, 1.165) is 38.5 Å². The van der Waals surface area contributed by atoms with Gasteiger partial charge in [0, 0.05) is 19.0 Å². The Kier molecular flexibility index (Phi) is 15.5. The average molecular weight is 424 g/mol. The molecule has 0 radical (unpaired) electrons. The van der Waals surface area contributed by atoms with Crippen LogP contribution in [0.4, 0.5) is 4.79 Å². The van der Waals surface area contributed by atoms with Gasteiger partial charge in [-0.2, -0.15) is 0 Å². The van der Waals surface area contributed by atoms with Gasteiger partial charge in [-0.1, -0.05) is 50.3 Å². The van der Waals surface area contributed by atoms with E-state index in [4.69, 9.17) is 9.47 Å². The zero-order valence-corrected chi connectivity index (χ0v) is 19.3. The predicted molar refractivity (Wildman–Crippen MR) is 121 cm³/mol. The van der Waals surface area contributed by atoms with E-state index in [1.165, 1.54) is 0 Å². The van der Waals surface area contributed by atoms with Gasteiger partial charge in [0.25, 0.3) is 0 Å². The van der Waals surface area contributed by atoms with Gasteiger partial charge < -0.3 is 19.5 Å². The molecular formula is C24H41NO5. The topological polar surface area (TPSA) is 76.1 Å². The zero-order chi connectivity index (χ0) is 22.8. The van der Waals surface area contributed by atoms with Gasteiger partial charge in [0.15, 0.2) is 0 Å². The van der Waals surface area contributed by atoms with Gasteiger partial charge in [-0.05, 0) is 52.9 Å². The van der Waals surface area contributed by atoms with E-state index in [0.29, 0.717) is 6.42 Å². The molecule has 0 heterocycles. The molecule has 1 atom stereocenters. The fourth-order valence-electron chi connectivity index (χ4n) is 2.82. The lowest BCUT2D eigenvalue weighted by molar-refractivity contribution is -0.142. The van der Waals surface area contributed by atoms with E-state index in [-0.39, 0.29) is 37.9 Å². The highest BCUT2D eigenvalue weighted by atomic mass is 16.6. The van der Waals surface area contributed by atoms with Crippen LogP contribution in [0.15, 0.2) is 37.0 Å². The lowest BCUT2D eigenvalue weighted by Crippen LogP contribution is -2.44. The van der Waals surface area contributed by atoms with Crippen molar-refractivity contribution in [3.05, 3.63) is 37.0 Å². The summed E-state index contributed by atoms with van der Waals surface area (Å²) in [5.74, 6) is -0.192. The first-order chi connectivity index (χ1) is 14.2. The van der Waals surface area contributed by atoms with Crippen molar-refractivity contribution in [2.75, 3.05) is 19.8 Å². The molecule has 30 heavy (non-hydrogen) atoms. The van der Waals surface area contributed by atoms with Crippen LogP contribution in [0.5, 0.6) is 0 Å². The molecule has 0 fully saturated rings. The maximum Gasteiger partial charge on any atom is 0.410 e. The van der Waals surface area contributed by atoms with Crippen LogP contribution < -0.4 is 0 Å². The summed E-state index contributed by atoms with van der Waals surface area (Å²) in [7, 11) is 0. The second kappa shape index (κ2) is 16.7. The average Bonchev–Trinajstić information content (AvgIpc) is 2.67. The van der Waals surface area contributed by atoms with Gasteiger partial charge in [0.1, 0.15) is 12.2 Å². The molecule has 0 rings (SSSR count). The molecule has 0 saturated carbocycles. The van der Waals surface area contributed by atoms with Crippen LogP contribution in [0.2, 0.25) is 0 Å². The Morgan fingerprint density at radius 1 is 1.17 bits per heavy atom. The molecular weight excluding hydrogens is 382 g/mol. The molecule has 0 aromatic carbocycles. The quantitative estimate of drug-likeness (QED) is 0.223. The number of unbranched alkanes of at least 4 members (excludes halogenated alkanes) is 1. The first-order valence-electron chi connectivity index (χ1n) is 10.9. The minimum absolute atomic E-state index is 0.00110. The molecule has 0 saturated heterocycles. The summed E-state index contributed by atoms with van der Waals surface area (Å²) in [6.45, 7) is 11.6. The SMILES string of the molecule is C=CCOC(=O)CCC/C=C\C/C=C\C[C@H](CCC)N(CCO)C(=O)OC(C)(C)C. The molecule has 0 spiro atoms. The third kappa shape index (κ3) is 14.9. The highest BCUT2D eigenvalue weighted by molar-refractivity contribution is 5.69. The van der Waals surface area contributed by atoms with E-state index in [1.54, 1.807) is 11.0 Å². The van der Waals surface area contributed by atoms with Crippen molar-refractivity contribution in [3.63, 3.8) is 0 Å². The fraction of sp³-hybridized carbons (Fsp3) is 0.667. The molecule has 0 aliphatic carbocycles. The van der Waals surface area contributed by atoms with Crippen molar-refractivity contribution in [3.8, 4) is 0 Å². The van der Waals surface area contributed by atoms with Crippen molar-refractivity contribution in [1.82, 2.24) is 4.90 Å². The molecule has 0 bridgehead atoms. The highest BCUT2D eigenvalue weighted by Gasteiger charge is 2.26. The molecule has 1 amide bonds. The summed E-state index contributed by atoms with van der Waals surface area (Å²) < 4.78 is 10.4. The van der Waals surface area contributed by atoms with Crippen molar-refractivity contribution >= 4 is 12.1 Å². The Morgan fingerprint density at radius 3 is 2.47 bits per heavy atom. The van der Waals surface area contributed by atoms with Gasteiger partial charge in [-0.3, -0.25) is 4.79 Å². The number of hydrogen-bond acceptors (Lipinski definition) is 5. The van der Waals surface area contributed by atoms with Crippen LogP contribution in [0.25, 0.3) is 0 Å². The number of ether oxygens (including phenoxy) is 2. The second-order valence-corrected chi connectivity index (χ2v) is 8.12. The van der Waals surface area contributed by atoms with Crippen LogP contribution in [0.3, 0.4) is 0 Å². The van der Waals surface area contributed by atoms with Gasteiger partial charge in [-0.15, -0.1) is 0 Å². The number of carbonyl (C=O) groups is 2. The number of carbonyl (C=O) groups excluding carboxylic acids is 2. The molecule has 6 heteroatoms. The monoisotopic (exact) mass is 423 g/mol. The molecule has 0 aromatic heterocycles. The Morgan fingerprint density at radius 2 is 1.87 bits per heavy atom. The van der Waals surface area contributed by atoms with Crippen LogP contribution in [0.1, 0.15) is 72.6 Å². The number of nitrogens with zero attached hydrogens (tertiary/aromatic N) is 1. The lowest BCUT2D eigenvalue weighted by Gasteiger charge is -2.32. The predicted octanol–water partition coefficient (Wildman–Crippen LogP) is 5.18. The molecule has 0 aliphatic heterocycles. The Balaban J connectivity index is 4.45. The smallest absolute Gasteiger partial charge is 0.410 e. The van der Waals surface area contributed by atoms with Gasteiger partial charge in [0.2, 0.25) is 0 Å². The number of aliphatic hydroxyl groups is 1. The Labute approximate surface area is 182 Å². The van der Waals surface area contributed by atoms with Gasteiger partial charge >= 0.3 is 12.1 Å². The number of amides is 1. The van der Waals surface area contributed by atoms with E-state index < -0.39 is 5.60 Å². The van der Waals surface area contributed by atoms with Crippen molar-refractivity contribution in [1.29, 1.82) is 0 Å². The standard InChI is InChI=1S/C24H41NO5/c1-6-15-21(25(18-19-26)23(28)30-24(3,4)5)16-13-11-9-8-10-12-14-17-22(27)29-20-7-2/h7-8,10-11,13,21,26H,2,6,9,12,14-20H2,1,3-5H3/b10-8-,13-11-/t21-/m0/s1. The summed E-state index contributed by atoms with van der Waals surface area (Å²) in [4.78, 5) is 25.5. The van der Waals surface area contributed by atoms with Crippen LogP contribution in [-0.4, -0.2) is 53.5 Å². The zero-order valence-electron chi connectivity index (χ0n) is 19.3. The largest absolute Gasteiger partial charge is 0.461 e. The van der Waals surface area contributed by atoms with E-state index in [2.05, 4.69) is 37.8 Å². The molecule has 6 nitrogen and oxygen atoms in total. The first-order valence-corrected chi connectivity index (χ1v) is 10.9. The number of aliphatic hydroxyl groups excluding tert-OH is 1. The summed E-state index contributed by atoms with van der Waals surface area (Å²) in [6.07, 6.45) is 14.8. The van der Waals surface area contributed by atoms with Gasteiger partial charge in [0.05, 0.1) is 6.61 Å². The molecule has 1 N–H and O–H groups in total. The lowest BCUT2D eigenvalue weighted by atomic mass is 10.1. The normalized spacial score (nSPS) is 12.8. The van der Waals surface area contributed by atoms with Crippen LogP contribution in [0, 0.1) is 0 Å². The van der Waals surface area contributed by atoms with Crippen LogP contribution in [-0.2, 0) is 14.3 Å². The minimum Gasteiger partial charge on any atom is -0.461 e. The Hall–Kier alpha value is -2.08. The van der Waals surface area contributed by atoms with E-state index >= 15 is 0 Å². The third-order valence-corrected chi connectivity index (χ3v) is 4.16. The molecule has 0 aromatic rings. The Bertz CT molecular complexity index is 548. The maximum absolute atomic E-state index is 12.5. The molecule has 0 aliphatic rings. The van der Waals surface area contributed by atoms with Gasteiger partial charge in [-0.25, -0.2) is 4.79 Å². The second-order valence-electron chi connectivity index (χ2n) is 8.12. The third-order valence-electron chi connectivity index (χ3n) is 4.16. The molecule has 172 valence electrons. The number of rotatable bonds is 15. The molecule has 0 unspecified atom stereocenters. The van der Waals surface area contributed by atoms with Crippen molar-refractivity contribution in [2.45, 2.75) is 84.3 Å². The van der Waals surface area contributed by atoms with Crippen molar-refractivity contribution in [2.24, 2.45) is 0 Å². The van der Waals surface area contributed by atoms with Crippen LogP contribution >= 0.6 is 0 Å². The van der Waals surface area contributed by atoms with Crippen molar-refractivity contribution < 1.29 is 24.2 Å².